The van der Waals surface area contributed by atoms with Crippen LogP contribution in [-0.2, 0) is 17.4 Å². The number of rotatable bonds is 3. The third kappa shape index (κ3) is 2.81. The van der Waals surface area contributed by atoms with Crippen LogP contribution in [0.1, 0.15) is 11.3 Å². The number of aliphatic carboxylic acids is 1. The van der Waals surface area contributed by atoms with Crippen LogP contribution >= 0.6 is 0 Å². The van der Waals surface area contributed by atoms with E-state index in [1.165, 1.54) is 0 Å². The Balaban J connectivity index is 2.51. The number of carboxylic acid groups (broad SMARTS) is 1. The molecule has 0 unspecified atom stereocenters. The highest BCUT2D eigenvalue weighted by Gasteiger charge is 2.36. The van der Waals surface area contributed by atoms with Crippen LogP contribution in [0.4, 0.5) is 13.2 Å². The molecule has 0 aromatic carbocycles. The fourth-order valence-electron chi connectivity index (χ4n) is 1.30. The average molecular weight is 274 g/mol. The number of halogens is 3. The van der Waals surface area contributed by atoms with Crippen molar-refractivity contribution in [1.29, 1.82) is 0 Å². The Labute approximate surface area is 102 Å². The summed E-state index contributed by atoms with van der Waals surface area (Å²) in [6, 6.07) is 0. The third-order valence-electron chi connectivity index (χ3n) is 2.02. The highest BCUT2D eigenvalue weighted by Crippen LogP contribution is 2.30. The molecule has 0 aliphatic rings. The average Bonchev–Trinajstić information content (AvgIpc) is 2.80. The second-order valence-electron chi connectivity index (χ2n) is 3.37. The molecule has 0 bridgehead atoms. The summed E-state index contributed by atoms with van der Waals surface area (Å²) in [6.07, 6.45) is -3.81. The zero-order chi connectivity index (χ0) is 14.0. The highest BCUT2D eigenvalue weighted by atomic mass is 19.4. The van der Waals surface area contributed by atoms with E-state index in [-0.39, 0.29) is 0 Å². The molecule has 2 aromatic heterocycles. The van der Waals surface area contributed by atoms with Gasteiger partial charge in [-0.15, -0.1) is 5.10 Å². The van der Waals surface area contributed by atoms with E-state index in [9.17, 15) is 18.0 Å². The lowest BCUT2D eigenvalue weighted by Gasteiger charge is -2.10. The van der Waals surface area contributed by atoms with E-state index in [1.807, 2.05) is 0 Å². The van der Waals surface area contributed by atoms with Crippen molar-refractivity contribution in [3.8, 4) is 5.95 Å². The van der Waals surface area contributed by atoms with Crippen molar-refractivity contribution in [2.75, 3.05) is 0 Å². The molecule has 0 spiro atoms. The topological polar surface area (TPSA) is 107 Å². The number of hydrogen-bond acceptors (Lipinski definition) is 6. The Kier molecular flexibility index (Phi) is 3.10. The van der Waals surface area contributed by atoms with E-state index in [2.05, 4.69) is 25.5 Å². The van der Waals surface area contributed by atoms with E-state index >= 15 is 0 Å². The van der Waals surface area contributed by atoms with Gasteiger partial charge in [-0.25, -0.2) is 9.97 Å². The molecule has 0 atom stereocenters. The quantitative estimate of drug-likeness (QED) is 0.845. The molecule has 0 amide bonds. The molecule has 0 aliphatic carbocycles. The maximum absolute atomic E-state index is 12.8. The van der Waals surface area contributed by atoms with Crippen LogP contribution in [0.25, 0.3) is 5.95 Å². The van der Waals surface area contributed by atoms with Gasteiger partial charge in [0.1, 0.15) is 6.33 Å². The number of alkyl halides is 3. The molecule has 1 N–H and O–H groups in total. The van der Waals surface area contributed by atoms with Crippen LogP contribution in [-0.4, -0.2) is 41.3 Å². The van der Waals surface area contributed by atoms with E-state index < -0.39 is 35.8 Å². The van der Waals surface area contributed by atoms with Crippen molar-refractivity contribution in [2.24, 2.45) is 0 Å². The van der Waals surface area contributed by atoms with Gasteiger partial charge in [-0.3, -0.25) is 4.79 Å². The lowest BCUT2D eigenvalue weighted by Crippen LogP contribution is -2.17. The number of aromatic nitrogens is 6. The van der Waals surface area contributed by atoms with Crippen LogP contribution in [0.5, 0.6) is 0 Å². The Morgan fingerprint density at radius 2 is 2.16 bits per heavy atom. The Morgan fingerprint density at radius 1 is 1.42 bits per heavy atom. The summed E-state index contributed by atoms with van der Waals surface area (Å²) in [5.41, 5.74) is -1.85. The highest BCUT2D eigenvalue weighted by molar-refractivity contribution is 5.70. The van der Waals surface area contributed by atoms with E-state index in [0.29, 0.717) is 0 Å². The first-order valence-electron chi connectivity index (χ1n) is 4.76. The predicted molar refractivity (Wildman–Crippen MR) is 51.1 cm³/mol. The van der Waals surface area contributed by atoms with Gasteiger partial charge in [0, 0.05) is 11.8 Å². The first kappa shape index (κ1) is 12.9. The molecule has 2 heterocycles. The van der Waals surface area contributed by atoms with Crippen LogP contribution < -0.4 is 0 Å². The van der Waals surface area contributed by atoms with E-state index in [0.717, 1.165) is 17.2 Å². The van der Waals surface area contributed by atoms with Crippen molar-refractivity contribution >= 4 is 5.97 Å². The monoisotopic (exact) mass is 274 g/mol. The molecule has 19 heavy (non-hydrogen) atoms. The smallest absolute Gasteiger partial charge is 0.433 e. The minimum Gasteiger partial charge on any atom is -0.481 e. The summed E-state index contributed by atoms with van der Waals surface area (Å²) >= 11 is 0. The maximum atomic E-state index is 12.8. The first-order valence-corrected chi connectivity index (χ1v) is 4.76. The lowest BCUT2D eigenvalue weighted by atomic mass is 10.1. The Hall–Kier alpha value is -2.59. The fourth-order valence-corrected chi connectivity index (χ4v) is 1.30. The van der Waals surface area contributed by atoms with Gasteiger partial charge in [0.25, 0.3) is 5.95 Å². The standard InChI is InChI=1S/C8H5F3N6O2/c9-8(10,11)6-4(1-5(18)19)2-12-7(14-6)17-3-13-15-16-17/h2-3H,1H2,(H,18,19). The summed E-state index contributed by atoms with van der Waals surface area (Å²) in [4.78, 5) is 17.4. The van der Waals surface area contributed by atoms with Gasteiger partial charge < -0.3 is 5.11 Å². The summed E-state index contributed by atoms with van der Waals surface area (Å²) in [7, 11) is 0. The Bertz CT molecular complexity index is 597. The normalized spacial score (nSPS) is 11.5. The summed E-state index contributed by atoms with van der Waals surface area (Å²) < 4.78 is 39.2. The fraction of sp³-hybridized carbons (Fsp3) is 0.250. The van der Waals surface area contributed by atoms with Gasteiger partial charge in [0.15, 0.2) is 5.69 Å². The lowest BCUT2D eigenvalue weighted by molar-refractivity contribution is -0.142. The molecule has 100 valence electrons. The molecule has 0 aliphatic heterocycles. The molecule has 8 nitrogen and oxygen atoms in total. The second kappa shape index (κ2) is 4.59. The second-order valence-corrected chi connectivity index (χ2v) is 3.37. The van der Waals surface area contributed by atoms with Crippen molar-refractivity contribution in [3.63, 3.8) is 0 Å². The number of nitrogens with zero attached hydrogens (tertiary/aromatic N) is 6. The van der Waals surface area contributed by atoms with Gasteiger partial charge in [-0.05, 0) is 10.4 Å². The summed E-state index contributed by atoms with van der Waals surface area (Å²) in [5, 5.41) is 18.4. The van der Waals surface area contributed by atoms with E-state index in [4.69, 9.17) is 5.11 Å². The van der Waals surface area contributed by atoms with Gasteiger partial charge in [-0.1, -0.05) is 0 Å². The SMILES string of the molecule is O=C(O)Cc1cnc(-n2cnnn2)nc1C(F)(F)F. The van der Waals surface area contributed by atoms with Crippen LogP contribution in [0.15, 0.2) is 12.5 Å². The molecule has 0 saturated carbocycles. The molecule has 2 aromatic rings. The number of hydrogen-bond donors (Lipinski definition) is 1. The molecular weight excluding hydrogens is 269 g/mol. The van der Waals surface area contributed by atoms with Crippen molar-refractivity contribution in [1.82, 2.24) is 30.2 Å². The van der Waals surface area contributed by atoms with Gasteiger partial charge >= 0.3 is 12.1 Å². The van der Waals surface area contributed by atoms with Crippen molar-refractivity contribution < 1.29 is 23.1 Å². The maximum Gasteiger partial charge on any atom is 0.433 e. The zero-order valence-electron chi connectivity index (χ0n) is 9.03. The van der Waals surface area contributed by atoms with Crippen molar-refractivity contribution in [3.05, 3.63) is 23.8 Å². The minimum atomic E-state index is -4.80. The van der Waals surface area contributed by atoms with Crippen LogP contribution in [0, 0.1) is 0 Å². The molecule has 0 saturated heterocycles. The van der Waals surface area contributed by atoms with Gasteiger partial charge in [0.05, 0.1) is 6.42 Å². The molecular formula is C8H5F3N6O2. The first-order chi connectivity index (χ1) is 8.88. The van der Waals surface area contributed by atoms with Gasteiger partial charge in [-0.2, -0.15) is 17.9 Å². The molecule has 0 fully saturated rings. The molecule has 11 heteroatoms. The number of carboxylic acids is 1. The van der Waals surface area contributed by atoms with Crippen LogP contribution in [0.3, 0.4) is 0 Å². The number of carbonyl (C=O) groups is 1. The van der Waals surface area contributed by atoms with Gasteiger partial charge in [0.2, 0.25) is 0 Å². The summed E-state index contributed by atoms with van der Waals surface area (Å²) in [5.74, 6) is -1.81. The van der Waals surface area contributed by atoms with E-state index in [1.54, 1.807) is 0 Å². The zero-order valence-corrected chi connectivity index (χ0v) is 9.03. The molecule has 2 rings (SSSR count). The molecule has 0 radical (unpaired) electrons. The minimum absolute atomic E-state index is 0.397. The summed E-state index contributed by atoms with van der Waals surface area (Å²) in [6.45, 7) is 0. The predicted octanol–water partition coefficient (Wildman–Crippen LogP) is 0.0982. The largest absolute Gasteiger partial charge is 0.481 e. The number of tetrazole rings is 1. The van der Waals surface area contributed by atoms with Crippen LogP contribution in [0.2, 0.25) is 0 Å². The van der Waals surface area contributed by atoms with Crippen molar-refractivity contribution in [2.45, 2.75) is 12.6 Å². The third-order valence-corrected chi connectivity index (χ3v) is 2.02. The Morgan fingerprint density at radius 3 is 2.68 bits per heavy atom.